The van der Waals surface area contributed by atoms with E-state index in [4.69, 9.17) is 11.6 Å². The van der Waals surface area contributed by atoms with Gasteiger partial charge in [0.1, 0.15) is 0 Å². The van der Waals surface area contributed by atoms with Gasteiger partial charge in [0.2, 0.25) is 5.91 Å². The van der Waals surface area contributed by atoms with E-state index in [1.54, 1.807) is 0 Å². The highest BCUT2D eigenvalue weighted by Gasteiger charge is 2.15. The summed E-state index contributed by atoms with van der Waals surface area (Å²) in [4.78, 5) is 11.7. The summed E-state index contributed by atoms with van der Waals surface area (Å²) < 4.78 is 0. The molecule has 1 amide bonds. The summed E-state index contributed by atoms with van der Waals surface area (Å²) in [6.45, 7) is 6.16. The van der Waals surface area contributed by atoms with Gasteiger partial charge in [-0.25, -0.2) is 0 Å². The first-order valence-electron chi connectivity index (χ1n) is 5.85. The van der Waals surface area contributed by atoms with Gasteiger partial charge in [-0.2, -0.15) is 0 Å². The molecule has 94 valence electrons. The zero-order valence-corrected chi connectivity index (χ0v) is 11.5. The van der Waals surface area contributed by atoms with Gasteiger partial charge in [-0.3, -0.25) is 4.79 Å². The third-order valence-electron chi connectivity index (χ3n) is 2.31. The minimum atomic E-state index is 0.0165. The second-order valence-corrected chi connectivity index (χ2v) is 5.80. The Morgan fingerprint density at radius 1 is 1.24 bits per heavy atom. The van der Waals surface area contributed by atoms with Crippen LogP contribution in [-0.4, -0.2) is 11.8 Å². The molecule has 0 bridgehead atoms. The predicted octanol–water partition coefficient (Wildman–Crippen LogP) is 3.84. The maximum absolute atomic E-state index is 11.7. The molecule has 1 aromatic carbocycles. The quantitative estimate of drug-likeness (QED) is 0.812. The third kappa shape index (κ3) is 5.73. The normalized spacial score (nSPS) is 11.3. The fraction of sp³-hybridized carbons (Fsp3) is 0.500. The van der Waals surface area contributed by atoms with Crippen molar-refractivity contribution in [2.45, 2.75) is 33.6 Å². The molecular formula is C14H20ClNO. The second kappa shape index (κ2) is 6.06. The van der Waals surface area contributed by atoms with Gasteiger partial charge in [0, 0.05) is 18.0 Å². The Bertz CT molecular complexity index is 365. The Labute approximate surface area is 108 Å². The van der Waals surface area contributed by atoms with E-state index in [2.05, 4.69) is 26.1 Å². The SMILES string of the molecule is CC(C)(C)CC(=O)Nc1ccc(CCCl)cc1. The van der Waals surface area contributed by atoms with E-state index in [0.717, 1.165) is 12.1 Å². The molecule has 0 heterocycles. The van der Waals surface area contributed by atoms with Gasteiger partial charge < -0.3 is 5.32 Å². The number of anilines is 1. The highest BCUT2D eigenvalue weighted by Crippen LogP contribution is 2.19. The summed E-state index contributed by atoms with van der Waals surface area (Å²) in [5.74, 6) is 0.679. The Hall–Kier alpha value is -1.02. The molecule has 3 heteroatoms. The number of nitrogens with one attached hydrogen (secondary N) is 1. The predicted molar refractivity (Wildman–Crippen MR) is 73.6 cm³/mol. The Balaban J connectivity index is 2.54. The highest BCUT2D eigenvalue weighted by molar-refractivity contribution is 6.17. The van der Waals surface area contributed by atoms with E-state index in [-0.39, 0.29) is 11.3 Å². The molecule has 0 fully saturated rings. The number of benzene rings is 1. The molecule has 0 aliphatic rings. The second-order valence-electron chi connectivity index (χ2n) is 5.42. The Morgan fingerprint density at radius 2 is 1.82 bits per heavy atom. The fourth-order valence-electron chi connectivity index (χ4n) is 1.55. The fourth-order valence-corrected chi connectivity index (χ4v) is 1.77. The maximum Gasteiger partial charge on any atom is 0.224 e. The first-order valence-corrected chi connectivity index (χ1v) is 6.39. The van der Waals surface area contributed by atoms with Crippen LogP contribution in [0.15, 0.2) is 24.3 Å². The van der Waals surface area contributed by atoms with Crippen LogP contribution in [0.4, 0.5) is 5.69 Å². The van der Waals surface area contributed by atoms with Gasteiger partial charge in [-0.1, -0.05) is 32.9 Å². The van der Waals surface area contributed by atoms with Crippen LogP contribution in [0.3, 0.4) is 0 Å². The van der Waals surface area contributed by atoms with Crippen molar-refractivity contribution < 1.29 is 4.79 Å². The number of carbonyl (C=O) groups excluding carboxylic acids is 1. The lowest BCUT2D eigenvalue weighted by molar-refractivity contribution is -0.117. The van der Waals surface area contributed by atoms with E-state index in [1.165, 1.54) is 5.56 Å². The summed E-state index contributed by atoms with van der Waals surface area (Å²) in [6, 6.07) is 7.83. The van der Waals surface area contributed by atoms with Crippen molar-refractivity contribution in [3.8, 4) is 0 Å². The molecule has 0 atom stereocenters. The first-order chi connectivity index (χ1) is 7.90. The summed E-state index contributed by atoms with van der Waals surface area (Å²) in [7, 11) is 0. The number of halogens is 1. The molecule has 0 aliphatic heterocycles. The average Bonchev–Trinajstić information content (AvgIpc) is 2.18. The molecule has 0 spiro atoms. The lowest BCUT2D eigenvalue weighted by Crippen LogP contribution is -2.19. The van der Waals surface area contributed by atoms with Crippen LogP contribution in [0.5, 0.6) is 0 Å². The van der Waals surface area contributed by atoms with Crippen LogP contribution in [0.2, 0.25) is 0 Å². The van der Waals surface area contributed by atoms with Crippen LogP contribution in [0.1, 0.15) is 32.8 Å². The lowest BCUT2D eigenvalue weighted by Gasteiger charge is -2.17. The van der Waals surface area contributed by atoms with Crippen LogP contribution in [0.25, 0.3) is 0 Å². The molecule has 0 aromatic heterocycles. The van der Waals surface area contributed by atoms with E-state index in [9.17, 15) is 4.79 Å². The standard InChI is InChI=1S/C14H20ClNO/c1-14(2,3)10-13(17)16-12-6-4-11(5-7-12)8-9-15/h4-7H,8-10H2,1-3H3,(H,16,17). The van der Waals surface area contributed by atoms with Crippen LogP contribution < -0.4 is 5.32 Å². The van der Waals surface area contributed by atoms with Crippen LogP contribution in [-0.2, 0) is 11.2 Å². The van der Waals surface area contributed by atoms with Crippen molar-refractivity contribution in [1.29, 1.82) is 0 Å². The van der Waals surface area contributed by atoms with E-state index < -0.39 is 0 Å². The van der Waals surface area contributed by atoms with Crippen molar-refractivity contribution in [2.75, 3.05) is 11.2 Å². The summed E-state index contributed by atoms with van der Waals surface area (Å²) >= 11 is 5.66. The molecule has 0 aliphatic carbocycles. The summed E-state index contributed by atoms with van der Waals surface area (Å²) in [6.07, 6.45) is 1.38. The van der Waals surface area contributed by atoms with Gasteiger partial charge in [0.05, 0.1) is 0 Å². The number of carbonyl (C=O) groups is 1. The average molecular weight is 254 g/mol. The molecule has 1 aromatic rings. The van der Waals surface area contributed by atoms with Crippen molar-refractivity contribution >= 4 is 23.2 Å². The molecule has 0 radical (unpaired) electrons. The molecule has 2 nitrogen and oxygen atoms in total. The first kappa shape index (κ1) is 14.0. The molecule has 1 rings (SSSR count). The van der Waals surface area contributed by atoms with Crippen molar-refractivity contribution in [2.24, 2.45) is 5.41 Å². The van der Waals surface area contributed by atoms with Gasteiger partial charge in [-0.05, 0) is 29.5 Å². The Morgan fingerprint density at radius 3 is 2.29 bits per heavy atom. The topological polar surface area (TPSA) is 29.1 Å². The summed E-state index contributed by atoms with van der Waals surface area (Å²) in [5.41, 5.74) is 2.05. The number of hydrogen-bond acceptors (Lipinski definition) is 1. The zero-order chi connectivity index (χ0) is 12.9. The number of aryl methyl sites for hydroxylation is 1. The number of rotatable bonds is 4. The van der Waals surface area contributed by atoms with Gasteiger partial charge >= 0.3 is 0 Å². The van der Waals surface area contributed by atoms with Gasteiger partial charge in [0.25, 0.3) is 0 Å². The van der Waals surface area contributed by atoms with E-state index in [0.29, 0.717) is 12.3 Å². The number of hydrogen-bond donors (Lipinski definition) is 1. The van der Waals surface area contributed by atoms with Crippen molar-refractivity contribution in [3.63, 3.8) is 0 Å². The lowest BCUT2D eigenvalue weighted by atomic mass is 9.92. The Kier molecular flexibility index (Phi) is 5.01. The molecule has 0 unspecified atom stereocenters. The van der Waals surface area contributed by atoms with Gasteiger partial charge in [-0.15, -0.1) is 11.6 Å². The van der Waals surface area contributed by atoms with E-state index >= 15 is 0 Å². The van der Waals surface area contributed by atoms with Crippen LogP contribution in [0, 0.1) is 5.41 Å². The summed E-state index contributed by atoms with van der Waals surface area (Å²) in [5, 5.41) is 2.90. The molecule has 0 saturated heterocycles. The number of amides is 1. The molecule has 17 heavy (non-hydrogen) atoms. The largest absolute Gasteiger partial charge is 0.326 e. The van der Waals surface area contributed by atoms with E-state index in [1.807, 2.05) is 24.3 Å². The minimum absolute atomic E-state index is 0.0165. The highest BCUT2D eigenvalue weighted by atomic mass is 35.5. The molecular weight excluding hydrogens is 234 g/mol. The minimum Gasteiger partial charge on any atom is -0.326 e. The third-order valence-corrected chi connectivity index (χ3v) is 2.50. The zero-order valence-electron chi connectivity index (χ0n) is 10.7. The maximum atomic E-state index is 11.7. The number of alkyl halides is 1. The smallest absolute Gasteiger partial charge is 0.224 e. The van der Waals surface area contributed by atoms with Gasteiger partial charge in [0.15, 0.2) is 0 Å². The molecule has 1 N–H and O–H groups in total. The van der Waals surface area contributed by atoms with Crippen molar-refractivity contribution in [1.82, 2.24) is 0 Å². The molecule has 0 saturated carbocycles. The van der Waals surface area contributed by atoms with Crippen LogP contribution >= 0.6 is 11.6 Å². The van der Waals surface area contributed by atoms with Crippen molar-refractivity contribution in [3.05, 3.63) is 29.8 Å². The monoisotopic (exact) mass is 253 g/mol.